The molecule has 130 valence electrons. The van der Waals surface area contributed by atoms with Crippen LogP contribution in [-0.2, 0) is 9.53 Å². The fourth-order valence-electron chi connectivity index (χ4n) is 2.32. The Morgan fingerprint density at radius 1 is 1.39 bits per heavy atom. The van der Waals surface area contributed by atoms with Crippen LogP contribution >= 0.6 is 12.4 Å². The van der Waals surface area contributed by atoms with E-state index < -0.39 is 18.0 Å². The Kier molecular flexibility index (Phi) is 7.54. The number of carbonyl (C=O) groups excluding carboxylic acids is 1. The maximum atomic E-state index is 14.2. The molecule has 2 unspecified atom stereocenters. The molecule has 1 heterocycles. The normalized spacial score (nSPS) is 18.5. The van der Waals surface area contributed by atoms with Crippen LogP contribution in [-0.4, -0.2) is 45.9 Å². The van der Waals surface area contributed by atoms with Crippen molar-refractivity contribution < 1.29 is 23.4 Å². The number of amides is 1. The molecule has 2 rings (SSSR count). The van der Waals surface area contributed by atoms with Crippen LogP contribution in [0, 0.1) is 5.82 Å². The first-order chi connectivity index (χ1) is 10.6. The van der Waals surface area contributed by atoms with Gasteiger partial charge in [0.1, 0.15) is 11.9 Å². The molecule has 1 aliphatic heterocycles. The van der Waals surface area contributed by atoms with Crippen molar-refractivity contribution in [1.82, 2.24) is 10.6 Å². The Morgan fingerprint density at radius 3 is 2.61 bits per heavy atom. The van der Waals surface area contributed by atoms with Crippen molar-refractivity contribution in [2.24, 2.45) is 0 Å². The molecule has 1 aromatic carbocycles. The van der Waals surface area contributed by atoms with E-state index in [0.717, 1.165) is 6.54 Å². The maximum absolute atomic E-state index is 14.2. The van der Waals surface area contributed by atoms with Gasteiger partial charge in [-0.3, -0.25) is 4.79 Å². The third kappa shape index (κ3) is 4.70. The smallest absolute Gasteiger partial charge is 0.250 e. The molecule has 1 aliphatic rings. The quantitative estimate of drug-likeness (QED) is 0.842. The monoisotopic (exact) mass is 348 g/mol. The standard InChI is InChI=1S/C15H21FN2O4.ClH/c1-9(18-15(19)14-8-17-4-5-22-14)10-6-12(20-2)13(21-3)7-11(10)16;/h6-7,9,14,17H,4-5,8H2,1-3H3,(H,18,19);1H. The number of carbonyl (C=O) groups is 1. The predicted octanol–water partition coefficient (Wildman–Crippen LogP) is 1.43. The second kappa shape index (κ2) is 8.90. The Balaban J connectivity index is 0.00000264. The van der Waals surface area contributed by atoms with Crippen molar-refractivity contribution in [3.05, 3.63) is 23.5 Å². The lowest BCUT2D eigenvalue weighted by Crippen LogP contribution is -2.48. The van der Waals surface area contributed by atoms with Crippen LogP contribution in [0.2, 0.25) is 0 Å². The van der Waals surface area contributed by atoms with E-state index >= 15 is 0 Å². The Morgan fingerprint density at radius 2 is 2.04 bits per heavy atom. The van der Waals surface area contributed by atoms with E-state index in [1.165, 1.54) is 26.4 Å². The van der Waals surface area contributed by atoms with Crippen LogP contribution in [0.1, 0.15) is 18.5 Å². The predicted molar refractivity (Wildman–Crippen MR) is 85.9 cm³/mol. The number of hydrogen-bond acceptors (Lipinski definition) is 5. The molecule has 6 nitrogen and oxygen atoms in total. The molecule has 0 aromatic heterocycles. The summed E-state index contributed by atoms with van der Waals surface area (Å²) in [4.78, 5) is 12.1. The fourth-order valence-corrected chi connectivity index (χ4v) is 2.32. The van der Waals surface area contributed by atoms with Crippen LogP contribution in [0.4, 0.5) is 4.39 Å². The molecule has 1 saturated heterocycles. The van der Waals surface area contributed by atoms with E-state index in [9.17, 15) is 9.18 Å². The molecule has 0 radical (unpaired) electrons. The molecule has 2 atom stereocenters. The summed E-state index contributed by atoms with van der Waals surface area (Å²) in [5.74, 6) is -0.0142. The van der Waals surface area contributed by atoms with E-state index in [1.54, 1.807) is 6.92 Å². The van der Waals surface area contributed by atoms with Gasteiger partial charge < -0.3 is 24.8 Å². The topological polar surface area (TPSA) is 68.8 Å². The molecule has 0 spiro atoms. The number of ether oxygens (including phenoxy) is 3. The molecule has 0 bridgehead atoms. The van der Waals surface area contributed by atoms with E-state index in [0.29, 0.717) is 30.2 Å². The van der Waals surface area contributed by atoms with E-state index in [1.807, 2.05) is 0 Å². The zero-order valence-electron chi connectivity index (χ0n) is 13.3. The van der Waals surface area contributed by atoms with Gasteiger partial charge in [-0.25, -0.2) is 4.39 Å². The largest absolute Gasteiger partial charge is 0.493 e. The van der Waals surface area contributed by atoms with Gasteiger partial charge >= 0.3 is 0 Å². The Hall–Kier alpha value is -1.57. The lowest BCUT2D eigenvalue weighted by atomic mass is 10.1. The first-order valence-electron chi connectivity index (χ1n) is 7.11. The highest BCUT2D eigenvalue weighted by molar-refractivity contribution is 5.85. The van der Waals surface area contributed by atoms with Gasteiger partial charge in [-0.2, -0.15) is 0 Å². The van der Waals surface area contributed by atoms with Crippen LogP contribution in [0.25, 0.3) is 0 Å². The average molecular weight is 349 g/mol. The van der Waals surface area contributed by atoms with Gasteiger partial charge in [-0.1, -0.05) is 0 Å². The van der Waals surface area contributed by atoms with Crippen molar-refractivity contribution in [2.45, 2.75) is 19.1 Å². The number of methoxy groups -OCH3 is 2. The van der Waals surface area contributed by atoms with E-state index in [4.69, 9.17) is 14.2 Å². The summed E-state index contributed by atoms with van der Waals surface area (Å²) >= 11 is 0. The van der Waals surface area contributed by atoms with Crippen LogP contribution in [0.3, 0.4) is 0 Å². The minimum atomic E-state index is -0.556. The Labute approximate surface area is 141 Å². The summed E-state index contributed by atoms with van der Waals surface area (Å²) in [7, 11) is 2.92. The summed E-state index contributed by atoms with van der Waals surface area (Å²) in [5.41, 5.74) is 0.328. The number of halogens is 2. The van der Waals surface area contributed by atoms with Crippen molar-refractivity contribution in [2.75, 3.05) is 33.9 Å². The summed E-state index contributed by atoms with van der Waals surface area (Å²) in [6.07, 6.45) is -0.556. The van der Waals surface area contributed by atoms with Crippen LogP contribution in [0.15, 0.2) is 12.1 Å². The highest BCUT2D eigenvalue weighted by Gasteiger charge is 2.25. The lowest BCUT2D eigenvalue weighted by molar-refractivity contribution is -0.134. The minimum Gasteiger partial charge on any atom is -0.493 e. The number of rotatable bonds is 5. The molecule has 0 saturated carbocycles. The number of hydrogen-bond donors (Lipinski definition) is 2. The summed E-state index contributed by atoms with van der Waals surface area (Å²) in [6.45, 7) is 3.37. The molecule has 0 aliphatic carbocycles. The van der Waals surface area contributed by atoms with Gasteiger partial charge in [0.05, 0.1) is 26.9 Å². The average Bonchev–Trinajstić information content (AvgIpc) is 2.55. The summed E-state index contributed by atoms with van der Waals surface area (Å²) in [6, 6.07) is 2.26. The first kappa shape index (κ1) is 19.5. The van der Waals surface area contributed by atoms with Crippen molar-refractivity contribution in [3.63, 3.8) is 0 Å². The first-order valence-corrected chi connectivity index (χ1v) is 7.11. The molecule has 8 heteroatoms. The van der Waals surface area contributed by atoms with Gasteiger partial charge in [-0.15, -0.1) is 12.4 Å². The molecule has 1 aromatic rings. The number of morpholine rings is 1. The molecule has 1 fully saturated rings. The van der Waals surface area contributed by atoms with Gasteiger partial charge in [-0.05, 0) is 13.0 Å². The highest BCUT2D eigenvalue weighted by Crippen LogP contribution is 2.32. The third-order valence-corrected chi connectivity index (χ3v) is 3.55. The van der Waals surface area contributed by atoms with Crippen molar-refractivity contribution in [1.29, 1.82) is 0 Å². The maximum Gasteiger partial charge on any atom is 0.250 e. The van der Waals surface area contributed by atoms with Gasteiger partial charge in [0.25, 0.3) is 5.91 Å². The second-order valence-electron chi connectivity index (χ2n) is 5.02. The van der Waals surface area contributed by atoms with E-state index in [-0.39, 0.29) is 18.3 Å². The zero-order chi connectivity index (χ0) is 16.1. The van der Waals surface area contributed by atoms with E-state index in [2.05, 4.69) is 10.6 Å². The van der Waals surface area contributed by atoms with Crippen LogP contribution < -0.4 is 20.1 Å². The van der Waals surface area contributed by atoms with Crippen molar-refractivity contribution in [3.8, 4) is 11.5 Å². The number of nitrogens with one attached hydrogen (secondary N) is 2. The molecular formula is C15H22ClFN2O4. The third-order valence-electron chi connectivity index (χ3n) is 3.55. The fraction of sp³-hybridized carbons (Fsp3) is 0.533. The van der Waals surface area contributed by atoms with Gasteiger partial charge in [0, 0.05) is 24.7 Å². The highest BCUT2D eigenvalue weighted by atomic mass is 35.5. The summed E-state index contributed by atoms with van der Waals surface area (Å²) < 4.78 is 29.8. The van der Waals surface area contributed by atoms with Gasteiger partial charge in [0.15, 0.2) is 11.5 Å². The van der Waals surface area contributed by atoms with Gasteiger partial charge in [0.2, 0.25) is 0 Å². The molecule has 23 heavy (non-hydrogen) atoms. The number of benzene rings is 1. The summed E-state index contributed by atoms with van der Waals surface area (Å²) in [5, 5.41) is 5.83. The lowest BCUT2D eigenvalue weighted by Gasteiger charge is -2.25. The minimum absolute atomic E-state index is 0. The molecular weight excluding hydrogens is 327 g/mol. The molecule has 2 N–H and O–H groups in total. The van der Waals surface area contributed by atoms with Crippen LogP contribution in [0.5, 0.6) is 11.5 Å². The van der Waals surface area contributed by atoms with Crippen molar-refractivity contribution >= 4 is 18.3 Å². The Bertz CT molecular complexity index is 538. The SMILES string of the molecule is COc1cc(F)c(C(C)NC(=O)C2CNCCO2)cc1OC.Cl. The molecule has 1 amide bonds. The zero-order valence-corrected chi connectivity index (χ0v) is 14.2. The second-order valence-corrected chi connectivity index (χ2v) is 5.02.